The molecule has 2 amide bonds. The predicted molar refractivity (Wildman–Crippen MR) is 84.8 cm³/mol. The normalized spacial score (nSPS) is 10.3. The van der Waals surface area contributed by atoms with E-state index >= 15 is 0 Å². The first-order valence-electron chi connectivity index (χ1n) is 6.79. The summed E-state index contributed by atoms with van der Waals surface area (Å²) >= 11 is 0. The maximum Gasteiger partial charge on any atom is 0.338 e. The van der Waals surface area contributed by atoms with Crippen LogP contribution in [0.2, 0.25) is 0 Å². The largest absolute Gasteiger partial charge is 0.457 e. The highest BCUT2D eigenvalue weighted by molar-refractivity contribution is 5.70. The van der Waals surface area contributed by atoms with Crippen LogP contribution in [0.3, 0.4) is 0 Å². The molecule has 0 atom stereocenters. The summed E-state index contributed by atoms with van der Waals surface area (Å²) in [6, 6.07) is 15.2. The Hall–Kier alpha value is -3.30. The first-order chi connectivity index (χ1) is 11.1. The number of carbonyl (C=O) groups excluding carboxylic acids is 1. The van der Waals surface area contributed by atoms with E-state index in [1.807, 2.05) is 18.2 Å². The van der Waals surface area contributed by atoms with Gasteiger partial charge in [-0.3, -0.25) is 5.21 Å². The number of hydrogen-bond acceptors (Lipinski definition) is 4. The second kappa shape index (κ2) is 7.64. The van der Waals surface area contributed by atoms with E-state index in [-0.39, 0.29) is 6.54 Å². The number of amides is 2. The van der Waals surface area contributed by atoms with E-state index in [0.29, 0.717) is 22.1 Å². The minimum Gasteiger partial charge on any atom is -0.457 e. The Morgan fingerprint density at radius 1 is 1.26 bits per heavy atom. The molecule has 116 valence electrons. The van der Waals surface area contributed by atoms with Gasteiger partial charge in [0.1, 0.15) is 11.5 Å². The van der Waals surface area contributed by atoms with Gasteiger partial charge >= 0.3 is 6.03 Å². The smallest absolute Gasteiger partial charge is 0.338 e. The van der Waals surface area contributed by atoms with Crippen LogP contribution in [0.5, 0.6) is 11.5 Å². The highest BCUT2D eigenvalue weighted by Gasteiger charge is 2.02. The standard InChI is InChI=1S/C17H15N3O3/c18-12-14-6-8-15(9-7-14)23-16-5-1-3-13(11-16)4-2-10-20(22)17(19)21/h1-9,11,22H,10H2,(H2,19,21). The summed E-state index contributed by atoms with van der Waals surface area (Å²) in [7, 11) is 0. The van der Waals surface area contributed by atoms with Gasteiger partial charge in [-0.2, -0.15) is 5.26 Å². The van der Waals surface area contributed by atoms with Crippen molar-refractivity contribution in [3.63, 3.8) is 0 Å². The zero-order valence-electron chi connectivity index (χ0n) is 12.2. The van der Waals surface area contributed by atoms with Crippen molar-refractivity contribution >= 4 is 12.1 Å². The molecule has 0 radical (unpaired) electrons. The molecule has 3 N–H and O–H groups in total. The number of ether oxygens (including phenoxy) is 1. The molecular formula is C17H15N3O3. The highest BCUT2D eigenvalue weighted by atomic mass is 16.5. The van der Waals surface area contributed by atoms with Crippen molar-refractivity contribution in [1.29, 1.82) is 5.26 Å². The number of primary amides is 1. The molecule has 0 aromatic heterocycles. The van der Waals surface area contributed by atoms with Crippen LogP contribution in [0.4, 0.5) is 4.79 Å². The lowest BCUT2D eigenvalue weighted by molar-refractivity contribution is -0.0286. The molecule has 2 rings (SSSR count). The molecule has 0 fully saturated rings. The molecule has 0 aliphatic carbocycles. The minimum atomic E-state index is -0.910. The summed E-state index contributed by atoms with van der Waals surface area (Å²) in [6.07, 6.45) is 3.34. The van der Waals surface area contributed by atoms with E-state index < -0.39 is 6.03 Å². The van der Waals surface area contributed by atoms with Crippen molar-refractivity contribution in [1.82, 2.24) is 5.06 Å². The molecule has 0 bridgehead atoms. The zero-order valence-corrected chi connectivity index (χ0v) is 12.2. The van der Waals surface area contributed by atoms with Gasteiger partial charge in [-0.15, -0.1) is 0 Å². The molecule has 2 aromatic carbocycles. The summed E-state index contributed by atoms with van der Waals surface area (Å²) in [6.45, 7) is -0.00393. The second-order valence-corrected chi connectivity index (χ2v) is 4.63. The van der Waals surface area contributed by atoms with Crippen molar-refractivity contribution in [2.75, 3.05) is 6.54 Å². The van der Waals surface area contributed by atoms with Crippen LogP contribution in [0.15, 0.2) is 54.6 Å². The van der Waals surface area contributed by atoms with Crippen molar-refractivity contribution in [3.8, 4) is 17.6 Å². The van der Waals surface area contributed by atoms with E-state index in [0.717, 1.165) is 5.56 Å². The van der Waals surface area contributed by atoms with Crippen LogP contribution in [0.25, 0.3) is 6.08 Å². The Morgan fingerprint density at radius 3 is 2.65 bits per heavy atom. The fraction of sp³-hybridized carbons (Fsp3) is 0.0588. The van der Waals surface area contributed by atoms with Crippen LogP contribution in [0, 0.1) is 11.3 Å². The molecule has 6 nitrogen and oxygen atoms in total. The average Bonchev–Trinajstić information content (AvgIpc) is 2.56. The van der Waals surface area contributed by atoms with Gasteiger partial charge in [-0.1, -0.05) is 24.3 Å². The maximum absolute atomic E-state index is 10.7. The van der Waals surface area contributed by atoms with Crippen molar-refractivity contribution < 1.29 is 14.7 Å². The summed E-state index contributed by atoms with van der Waals surface area (Å²) < 4.78 is 5.71. The molecule has 0 unspecified atom stereocenters. The van der Waals surface area contributed by atoms with Crippen LogP contribution in [0.1, 0.15) is 11.1 Å². The number of nitrogens with zero attached hydrogens (tertiary/aromatic N) is 2. The lowest BCUT2D eigenvalue weighted by Crippen LogP contribution is -2.32. The number of hydroxylamine groups is 2. The van der Waals surface area contributed by atoms with Gasteiger partial charge < -0.3 is 10.5 Å². The predicted octanol–water partition coefficient (Wildman–Crippen LogP) is 3.13. The average molecular weight is 309 g/mol. The second-order valence-electron chi connectivity index (χ2n) is 4.63. The topological polar surface area (TPSA) is 99.6 Å². The van der Waals surface area contributed by atoms with Gasteiger partial charge in [-0.25, -0.2) is 9.86 Å². The van der Waals surface area contributed by atoms with Crippen LogP contribution in [-0.4, -0.2) is 22.8 Å². The van der Waals surface area contributed by atoms with Crippen molar-refractivity contribution in [2.45, 2.75) is 0 Å². The van der Waals surface area contributed by atoms with Gasteiger partial charge in [0.15, 0.2) is 0 Å². The summed E-state index contributed by atoms with van der Waals surface area (Å²) in [5.74, 6) is 1.26. The van der Waals surface area contributed by atoms with Crippen LogP contribution >= 0.6 is 0 Å². The summed E-state index contributed by atoms with van der Waals surface area (Å²) in [4.78, 5) is 10.7. The fourth-order valence-electron chi connectivity index (χ4n) is 1.79. The lowest BCUT2D eigenvalue weighted by atomic mass is 10.2. The fourth-order valence-corrected chi connectivity index (χ4v) is 1.79. The Morgan fingerprint density at radius 2 is 2.00 bits per heavy atom. The Bertz CT molecular complexity index is 748. The first kappa shape index (κ1) is 16.1. The quantitative estimate of drug-likeness (QED) is 0.654. The van der Waals surface area contributed by atoms with Crippen LogP contribution in [-0.2, 0) is 0 Å². The molecule has 0 aliphatic heterocycles. The molecule has 0 spiro atoms. The van der Waals surface area contributed by atoms with E-state index in [1.54, 1.807) is 48.6 Å². The van der Waals surface area contributed by atoms with Gasteiger partial charge in [0.2, 0.25) is 0 Å². The summed E-state index contributed by atoms with van der Waals surface area (Å²) in [5, 5.41) is 18.3. The number of rotatable bonds is 5. The Labute approximate surface area is 133 Å². The Kier molecular flexibility index (Phi) is 5.34. The van der Waals surface area contributed by atoms with E-state index in [2.05, 4.69) is 0 Å². The van der Waals surface area contributed by atoms with Gasteiger partial charge in [0.25, 0.3) is 0 Å². The number of nitriles is 1. The third-order valence-corrected chi connectivity index (χ3v) is 2.92. The lowest BCUT2D eigenvalue weighted by Gasteiger charge is -2.08. The van der Waals surface area contributed by atoms with Gasteiger partial charge in [-0.05, 0) is 42.0 Å². The van der Waals surface area contributed by atoms with E-state index in [1.165, 1.54) is 0 Å². The number of urea groups is 1. The molecule has 23 heavy (non-hydrogen) atoms. The molecule has 2 aromatic rings. The molecule has 0 heterocycles. The molecule has 0 aliphatic rings. The van der Waals surface area contributed by atoms with Crippen molar-refractivity contribution in [2.24, 2.45) is 5.73 Å². The number of carbonyl (C=O) groups is 1. The van der Waals surface area contributed by atoms with E-state index in [4.69, 9.17) is 20.9 Å². The van der Waals surface area contributed by atoms with E-state index in [9.17, 15) is 4.79 Å². The van der Waals surface area contributed by atoms with Gasteiger partial charge in [0.05, 0.1) is 18.2 Å². The third kappa shape index (κ3) is 4.88. The maximum atomic E-state index is 10.7. The molecule has 0 saturated heterocycles. The third-order valence-electron chi connectivity index (χ3n) is 2.92. The number of hydrogen-bond donors (Lipinski definition) is 2. The molecular weight excluding hydrogens is 294 g/mol. The SMILES string of the molecule is N#Cc1ccc(Oc2cccc(C=CCN(O)C(N)=O)c2)cc1. The minimum absolute atomic E-state index is 0.00393. The monoisotopic (exact) mass is 309 g/mol. The zero-order chi connectivity index (χ0) is 16.7. The summed E-state index contributed by atoms with van der Waals surface area (Å²) in [5.41, 5.74) is 6.32. The number of benzene rings is 2. The highest BCUT2D eigenvalue weighted by Crippen LogP contribution is 2.23. The van der Waals surface area contributed by atoms with Crippen molar-refractivity contribution in [3.05, 3.63) is 65.7 Å². The number of nitrogens with two attached hydrogens (primary N) is 1. The van der Waals surface area contributed by atoms with Gasteiger partial charge in [0, 0.05) is 0 Å². The first-order valence-corrected chi connectivity index (χ1v) is 6.79. The molecule has 6 heteroatoms. The molecule has 0 saturated carbocycles. The Balaban J connectivity index is 2.03. The van der Waals surface area contributed by atoms with Crippen LogP contribution < -0.4 is 10.5 Å².